The van der Waals surface area contributed by atoms with Gasteiger partial charge >= 0.3 is 5.97 Å². The van der Waals surface area contributed by atoms with Gasteiger partial charge in [-0.2, -0.15) is 0 Å². The molecule has 2 aromatic rings. The van der Waals surface area contributed by atoms with Crippen molar-refractivity contribution in [1.82, 2.24) is 15.0 Å². The van der Waals surface area contributed by atoms with Gasteiger partial charge in [0.15, 0.2) is 0 Å². The fraction of sp³-hybridized carbons (Fsp3) is 0.357. The van der Waals surface area contributed by atoms with Crippen LogP contribution in [-0.4, -0.2) is 26.1 Å². The second-order valence-electron chi connectivity index (χ2n) is 4.59. The molecular formula is C14H18N4O2. The zero-order chi connectivity index (χ0) is 14.4. The SMILES string of the molecule is CCCn1cc(CNc2ccc(CC(=O)O)cc2)nn1. The summed E-state index contributed by atoms with van der Waals surface area (Å²) in [5.41, 5.74) is 2.61. The lowest BCUT2D eigenvalue weighted by atomic mass is 10.1. The second kappa shape index (κ2) is 6.70. The molecule has 6 heteroatoms. The average molecular weight is 274 g/mol. The maximum atomic E-state index is 10.6. The third-order valence-corrected chi connectivity index (χ3v) is 2.82. The number of carbonyl (C=O) groups is 1. The monoisotopic (exact) mass is 274 g/mol. The summed E-state index contributed by atoms with van der Waals surface area (Å²) in [4.78, 5) is 10.6. The molecule has 0 aliphatic heterocycles. The quantitative estimate of drug-likeness (QED) is 0.806. The van der Waals surface area contributed by atoms with Gasteiger partial charge in [0, 0.05) is 12.2 Å². The molecule has 6 nitrogen and oxygen atoms in total. The summed E-state index contributed by atoms with van der Waals surface area (Å²) in [7, 11) is 0. The smallest absolute Gasteiger partial charge is 0.307 e. The Morgan fingerprint density at radius 3 is 2.75 bits per heavy atom. The maximum Gasteiger partial charge on any atom is 0.307 e. The van der Waals surface area contributed by atoms with E-state index in [1.54, 1.807) is 0 Å². The van der Waals surface area contributed by atoms with Gasteiger partial charge in [-0.05, 0) is 24.1 Å². The topological polar surface area (TPSA) is 80.0 Å². The van der Waals surface area contributed by atoms with E-state index in [0.29, 0.717) is 6.54 Å². The molecule has 0 bridgehead atoms. The second-order valence-corrected chi connectivity index (χ2v) is 4.59. The number of aromatic nitrogens is 3. The van der Waals surface area contributed by atoms with E-state index < -0.39 is 5.97 Å². The number of aryl methyl sites for hydroxylation is 1. The highest BCUT2D eigenvalue weighted by Gasteiger charge is 2.02. The van der Waals surface area contributed by atoms with Crippen molar-refractivity contribution in [3.05, 3.63) is 41.7 Å². The summed E-state index contributed by atoms with van der Waals surface area (Å²) in [6.45, 7) is 3.57. The number of nitrogens with zero attached hydrogens (tertiary/aromatic N) is 3. The van der Waals surface area contributed by atoms with Crippen molar-refractivity contribution in [2.75, 3.05) is 5.32 Å². The molecule has 0 spiro atoms. The van der Waals surface area contributed by atoms with Crippen molar-refractivity contribution in [1.29, 1.82) is 0 Å². The maximum absolute atomic E-state index is 10.6. The minimum absolute atomic E-state index is 0.0472. The molecule has 106 valence electrons. The van der Waals surface area contributed by atoms with E-state index in [-0.39, 0.29) is 6.42 Å². The van der Waals surface area contributed by atoms with E-state index >= 15 is 0 Å². The largest absolute Gasteiger partial charge is 0.481 e. The molecule has 20 heavy (non-hydrogen) atoms. The third-order valence-electron chi connectivity index (χ3n) is 2.82. The number of nitrogens with one attached hydrogen (secondary N) is 1. The van der Waals surface area contributed by atoms with Crippen LogP contribution in [0.5, 0.6) is 0 Å². The van der Waals surface area contributed by atoms with Gasteiger partial charge in [-0.25, -0.2) is 0 Å². The van der Waals surface area contributed by atoms with Crippen molar-refractivity contribution >= 4 is 11.7 Å². The fourth-order valence-corrected chi connectivity index (χ4v) is 1.87. The van der Waals surface area contributed by atoms with E-state index in [9.17, 15) is 4.79 Å². The number of hydrogen-bond donors (Lipinski definition) is 2. The van der Waals surface area contributed by atoms with Gasteiger partial charge in [0.1, 0.15) is 5.69 Å². The number of carboxylic acids is 1. The van der Waals surface area contributed by atoms with E-state index in [4.69, 9.17) is 5.11 Å². The van der Waals surface area contributed by atoms with E-state index in [2.05, 4.69) is 22.6 Å². The van der Waals surface area contributed by atoms with E-state index in [1.807, 2.05) is 35.1 Å². The normalized spacial score (nSPS) is 10.4. The standard InChI is InChI=1S/C14H18N4O2/c1-2-7-18-10-13(16-17-18)9-15-12-5-3-11(4-6-12)8-14(19)20/h3-6,10,15H,2,7-9H2,1H3,(H,19,20). The zero-order valence-corrected chi connectivity index (χ0v) is 11.4. The molecule has 0 saturated carbocycles. The van der Waals surface area contributed by atoms with E-state index in [0.717, 1.165) is 29.9 Å². The lowest BCUT2D eigenvalue weighted by molar-refractivity contribution is -0.136. The van der Waals surface area contributed by atoms with Crippen LogP contribution in [-0.2, 0) is 24.3 Å². The van der Waals surface area contributed by atoms with Gasteiger partial charge in [0.2, 0.25) is 0 Å². The van der Waals surface area contributed by atoms with Gasteiger partial charge in [-0.1, -0.05) is 24.3 Å². The van der Waals surface area contributed by atoms with Gasteiger partial charge in [0.25, 0.3) is 0 Å². The summed E-state index contributed by atoms with van der Waals surface area (Å²) in [5.74, 6) is -0.821. The van der Waals surface area contributed by atoms with Gasteiger partial charge in [-0.15, -0.1) is 5.10 Å². The first kappa shape index (κ1) is 14.0. The molecule has 1 aromatic heterocycles. The molecular weight excluding hydrogens is 256 g/mol. The number of carboxylic acid groups (broad SMARTS) is 1. The minimum Gasteiger partial charge on any atom is -0.481 e. The molecule has 0 radical (unpaired) electrons. The lowest BCUT2D eigenvalue weighted by Gasteiger charge is -2.04. The predicted molar refractivity (Wildman–Crippen MR) is 75.4 cm³/mol. The minimum atomic E-state index is -0.821. The Morgan fingerprint density at radius 2 is 2.10 bits per heavy atom. The third kappa shape index (κ3) is 4.08. The number of aliphatic carboxylic acids is 1. The van der Waals surface area contributed by atoms with Crippen molar-refractivity contribution in [3.63, 3.8) is 0 Å². The summed E-state index contributed by atoms with van der Waals surface area (Å²) < 4.78 is 1.83. The van der Waals surface area contributed by atoms with Crippen molar-refractivity contribution < 1.29 is 9.90 Å². The molecule has 2 rings (SSSR count). The van der Waals surface area contributed by atoms with Crippen LogP contribution in [0, 0.1) is 0 Å². The Kier molecular flexibility index (Phi) is 4.70. The molecule has 0 unspecified atom stereocenters. The first-order valence-corrected chi connectivity index (χ1v) is 6.61. The first-order valence-electron chi connectivity index (χ1n) is 6.61. The molecule has 0 saturated heterocycles. The average Bonchev–Trinajstić information content (AvgIpc) is 2.86. The fourth-order valence-electron chi connectivity index (χ4n) is 1.87. The molecule has 0 atom stereocenters. The zero-order valence-electron chi connectivity index (χ0n) is 11.4. The number of rotatable bonds is 7. The Morgan fingerprint density at radius 1 is 1.35 bits per heavy atom. The summed E-state index contributed by atoms with van der Waals surface area (Å²) in [6, 6.07) is 7.36. The van der Waals surface area contributed by atoms with E-state index in [1.165, 1.54) is 0 Å². The summed E-state index contributed by atoms with van der Waals surface area (Å²) in [5, 5.41) is 20.0. The highest BCUT2D eigenvalue weighted by atomic mass is 16.4. The summed E-state index contributed by atoms with van der Waals surface area (Å²) >= 11 is 0. The van der Waals surface area contributed by atoms with Crippen LogP contribution in [0.1, 0.15) is 24.6 Å². The number of benzene rings is 1. The Balaban J connectivity index is 1.88. The Labute approximate surface area is 117 Å². The van der Waals surface area contributed by atoms with Crippen LogP contribution < -0.4 is 5.32 Å². The highest BCUT2D eigenvalue weighted by molar-refractivity contribution is 5.70. The molecule has 0 amide bonds. The van der Waals surface area contributed by atoms with Crippen LogP contribution in [0.25, 0.3) is 0 Å². The molecule has 0 aliphatic carbocycles. The predicted octanol–water partition coefficient (Wildman–Crippen LogP) is 1.93. The molecule has 1 aromatic carbocycles. The van der Waals surface area contributed by atoms with Crippen LogP contribution in [0.3, 0.4) is 0 Å². The van der Waals surface area contributed by atoms with Crippen LogP contribution in [0.4, 0.5) is 5.69 Å². The number of anilines is 1. The van der Waals surface area contributed by atoms with Gasteiger partial charge in [0.05, 0.1) is 19.2 Å². The van der Waals surface area contributed by atoms with Crippen molar-refractivity contribution in [3.8, 4) is 0 Å². The highest BCUT2D eigenvalue weighted by Crippen LogP contribution is 2.11. The van der Waals surface area contributed by atoms with Crippen molar-refractivity contribution in [2.45, 2.75) is 32.9 Å². The van der Waals surface area contributed by atoms with Gasteiger partial charge < -0.3 is 10.4 Å². The lowest BCUT2D eigenvalue weighted by Crippen LogP contribution is -2.02. The Hall–Kier alpha value is -2.37. The summed E-state index contributed by atoms with van der Waals surface area (Å²) in [6.07, 6.45) is 3.00. The van der Waals surface area contributed by atoms with Crippen LogP contribution in [0.2, 0.25) is 0 Å². The molecule has 2 N–H and O–H groups in total. The molecule has 0 fully saturated rings. The van der Waals surface area contributed by atoms with Crippen molar-refractivity contribution in [2.24, 2.45) is 0 Å². The Bertz CT molecular complexity index is 563. The van der Waals surface area contributed by atoms with Crippen LogP contribution >= 0.6 is 0 Å². The van der Waals surface area contributed by atoms with Gasteiger partial charge in [-0.3, -0.25) is 9.48 Å². The van der Waals surface area contributed by atoms with Crippen LogP contribution in [0.15, 0.2) is 30.5 Å². The first-order chi connectivity index (χ1) is 9.67. The number of hydrogen-bond acceptors (Lipinski definition) is 4. The molecule has 1 heterocycles. The molecule has 0 aliphatic rings.